The zero-order valence-corrected chi connectivity index (χ0v) is 15.9. The van der Waals surface area contributed by atoms with Crippen LogP contribution in [0.25, 0.3) is 0 Å². The Hall–Kier alpha value is -1.59. The molecular weight excluding hydrogens is 332 g/mol. The molecule has 1 heterocycles. The zero-order chi connectivity index (χ0) is 17.8. The quantitative estimate of drug-likeness (QED) is 0.635. The first-order chi connectivity index (χ1) is 12.1. The van der Waals surface area contributed by atoms with Crippen LogP contribution in [-0.2, 0) is 25.1 Å². The Morgan fingerprint density at radius 1 is 1.24 bits per heavy atom. The fourth-order valence-corrected chi connectivity index (χ4v) is 4.57. The van der Waals surface area contributed by atoms with E-state index in [9.17, 15) is 4.79 Å². The molecule has 1 N–H and O–H groups in total. The number of hydrogen-bond donors (Lipinski definition) is 1. The summed E-state index contributed by atoms with van der Waals surface area (Å²) >= 11 is 1.68. The third-order valence-corrected chi connectivity index (χ3v) is 5.93. The minimum absolute atomic E-state index is 0.102. The number of aryl methyl sites for hydroxylation is 2. The standard InChI is InChI=1S/C20H26N2O2S/c1-14-8-9-15(2)16(12-14)13-25-19-17-6-3-4-7-18(17)22(10-5-11-23)20(24)21-19/h8-9,12,23H,3-7,10-11,13H2,1-2H3. The molecule has 1 aliphatic carbocycles. The molecule has 134 valence electrons. The Bertz CT molecular complexity index is 814. The Morgan fingerprint density at radius 2 is 2.04 bits per heavy atom. The summed E-state index contributed by atoms with van der Waals surface area (Å²) in [6.45, 7) is 4.90. The number of nitrogens with zero attached hydrogens (tertiary/aromatic N) is 2. The van der Waals surface area contributed by atoms with E-state index in [4.69, 9.17) is 5.11 Å². The second-order valence-electron chi connectivity index (χ2n) is 6.78. The Labute approximate surface area is 153 Å². The average molecular weight is 359 g/mol. The second kappa shape index (κ2) is 8.19. The van der Waals surface area contributed by atoms with Crippen LogP contribution in [0.2, 0.25) is 0 Å². The topological polar surface area (TPSA) is 55.1 Å². The summed E-state index contributed by atoms with van der Waals surface area (Å²) in [5.41, 5.74) is 6.07. The van der Waals surface area contributed by atoms with Crippen molar-refractivity contribution < 1.29 is 5.11 Å². The summed E-state index contributed by atoms with van der Waals surface area (Å²) < 4.78 is 1.78. The maximum Gasteiger partial charge on any atom is 0.348 e. The van der Waals surface area contributed by atoms with Gasteiger partial charge in [-0.15, -0.1) is 11.8 Å². The minimum Gasteiger partial charge on any atom is -0.396 e. The summed E-state index contributed by atoms with van der Waals surface area (Å²) in [4.78, 5) is 16.9. The van der Waals surface area contributed by atoms with Gasteiger partial charge in [-0.1, -0.05) is 23.8 Å². The smallest absolute Gasteiger partial charge is 0.348 e. The maximum absolute atomic E-state index is 12.5. The van der Waals surface area contributed by atoms with Gasteiger partial charge in [0, 0.05) is 30.2 Å². The van der Waals surface area contributed by atoms with Crippen molar-refractivity contribution in [1.82, 2.24) is 9.55 Å². The van der Waals surface area contributed by atoms with E-state index in [1.165, 1.54) is 22.3 Å². The molecule has 25 heavy (non-hydrogen) atoms. The molecule has 0 saturated carbocycles. The van der Waals surface area contributed by atoms with Crippen molar-refractivity contribution in [3.8, 4) is 0 Å². The molecule has 2 aromatic rings. The van der Waals surface area contributed by atoms with Gasteiger partial charge in [0.15, 0.2) is 0 Å². The molecule has 0 bridgehead atoms. The second-order valence-corrected chi connectivity index (χ2v) is 7.74. The summed E-state index contributed by atoms with van der Waals surface area (Å²) in [6, 6.07) is 6.50. The molecule has 1 aliphatic rings. The third-order valence-electron chi connectivity index (χ3n) is 4.86. The van der Waals surface area contributed by atoms with E-state index in [0.29, 0.717) is 13.0 Å². The van der Waals surface area contributed by atoms with Gasteiger partial charge in [-0.25, -0.2) is 4.79 Å². The predicted octanol–water partition coefficient (Wildman–Crippen LogP) is 3.41. The van der Waals surface area contributed by atoms with E-state index in [1.807, 2.05) is 0 Å². The summed E-state index contributed by atoms with van der Waals surface area (Å²) in [6.07, 6.45) is 4.82. The molecule has 4 nitrogen and oxygen atoms in total. The fourth-order valence-electron chi connectivity index (χ4n) is 3.43. The SMILES string of the molecule is Cc1ccc(C)c(CSc2nc(=O)n(CCCO)c3c2CCCC3)c1. The van der Waals surface area contributed by atoms with Crippen LogP contribution in [0.4, 0.5) is 0 Å². The molecule has 1 aromatic heterocycles. The predicted molar refractivity (Wildman–Crippen MR) is 102 cm³/mol. The Morgan fingerprint density at radius 3 is 2.84 bits per heavy atom. The van der Waals surface area contributed by atoms with Gasteiger partial charge in [0.25, 0.3) is 0 Å². The number of aliphatic hydroxyl groups excluding tert-OH is 1. The highest BCUT2D eigenvalue weighted by atomic mass is 32.2. The summed E-state index contributed by atoms with van der Waals surface area (Å²) in [5, 5.41) is 10.00. The molecule has 0 saturated heterocycles. The molecule has 3 rings (SSSR count). The first kappa shape index (κ1) is 18.2. The van der Waals surface area contributed by atoms with Gasteiger partial charge in [0.2, 0.25) is 0 Å². The van der Waals surface area contributed by atoms with Crippen molar-refractivity contribution >= 4 is 11.8 Å². The van der Waals surface area contributed by atoms with Crippen molar-refractivity contribution in [2.45, 2.75) is 63.3 Å². The van der Waals surface area contributed by atoms with Gasteiger partial charge in [-0.2, -0.15) is 4.98 Å². The fraction of sp³-hybridized carbons (Fsp3) is 0.500. The Balaban J connectivity index is 1.90. The van der Waals surface area contributed by atoms with Crippen molar-refractivity contribution in [1.29, 1.82) is 0 Å². The molecule has 0 aliphatic heterocycles. The highest BCUT2D eigenvalue weighted by molar-refractivity contribution is 7.98. The minimum atomic E-state index is -0.169. The number of rotatable bonds is 6. The lowest BCUT2D eigenvalue weighted by Gasteiger charge is -2.22. The van der Waals surface area contributed by atoms with Gasteiger partial charge in [-0.05, 0) is 57.1 Å². The third kappa shape index (κ3) is 4.15. The van der Waals surface area contributed by atoms with Gasteiger partial charge >= 0.3 is 5.69 Å². The van der Waals surface area contributed by atoms with E-state index in [0.717, 1.165) is 42.2 Å². The van der Waals surface area contributed by atoms with Crippen molar-refractivity contribution in [2.75, 3.05) is 6.61 Å². The molecule has 0 radical (unpaired) electrons. The summed E-state index contributed by atoms with van der Waals surface area (Å²) in [5.74, 6) is 0.840. The molecule has 0 spiro atoms. The van der Waals surface area contributed by atoms with Crippen molar-refractivity contribution in [3.63, 3.8) is 0 Å². The number of aromatic nitrogens is 2. The van der Waals surface area contributed by atoms with Crippen LogP contribution in [-0.4, -0.2) is 21.3 Å². The van der Waals surface area contributed by atoms with Gasteiger partial charge in [0.05, 0.1) is 0 Å². The molecular formula is C20H26N2O2S. The van der Waals surface area contributed by atoms with Crippen LogP contribution in [0.3, 0.4) is 0 Å². The van der Waals surface area contributed by atoms with Crippen molar-refractivity contribution in [2.24, 2.45) is 0 Å². The van der Waals surface area contributed by atoms with Crippen LogP contribution in [0.5, 0.6) is 0 Å². The average Bonchev–Trinajstić information content (AvgIpc) is 2.61. The van der Waals surface area contributed by atoms with Crippen molar-refractivity contribution in [3.05, 3.63) is 56.6 Å². The monoisotopic (exact) mass is 358 g/mol. The number of hydrogen-bond acceptors (Lipinski definition) is 4. The maximum atomic E-state index is 12.5. The van der Waals surface area contributed by atoms with E-state index >= 15 is 0 Å². The van der Waals surface area contributed by atoms with Gasteiger partial charge in [-0.3, -0.25) is 4.57 Å². The van der Waals surface area contributed by atoms with Crippen LogP contribution in [0.15, 0.2) is 28.0 Å². The molecule has 0 unspecified atom stereocenters. The lowest BCUT2D eigenvalue weighted by atomic mass is 9.97. The first-order valence-corrected chi connectivity index (χ1v) is 10.0. The highest BCUT2D eigenvalue weighted by Gasteiger charge is 2.20. The lowest BCUT2D eigenvalue weighted by molar-refractivity contribution is 0.277. The Kier molecular flexibility index (Phi) is 5.97. The van der Waals surface area contributed by atoms with Crippen LogP contribution in [0.1, 0.15) is 47.2 Å². The van der Waals surface area contributed by atoms with Crippen LogP contribution >= 0.6 is 11.8 Å². The molecule has 1 aromatic carbocycles. The van der Waals surface area contributed by atoms with E-state index in [-0.39, 0.29) is 12.3 Å². The van der Waals surface area contributed by atoms with Crippen LogP contribution in [0, 0.1) is 13.8 Å². The van der Waals surface area contributed by atoms with Crippen LogP contribution < -0.4 is 5.69 Å². The van der Waals surface area contributed by atoms with Gasteiger partial charge in [0.1, 0.15) is 5.03 Å². The number of benzene rings is 1. The van der Waals surface area contributed by atoms with E-state index in [2.05, 4.69) is 37.0 Å². The zero-order valence-electron chi connectivity index (χ0n) is 15.0. The highest BCUT2D eigenvalue weighted by Crippen LogP contribution is 2.31. The van der Waals surface area contributed by atoms with E-state index < -0.39 is 0 Å². The molecule has 0 fully saturated rings. The number of aliphatic hydroxyl groups is 1. The first-order valence-electron chi connectivity index (χ1n) is 9.02. The molecule has 0 amide bonds. The van der Waals surface area contributed by atoms with E-state index in [1.54, 1.807) is 16.3 Å². The molecule has 0 atom stereocenters. The summed E-state index contributed by atoms with van der Waals surface area (Å²) in [7, 11) is 0. The molecule has 5 heteroatoms. The largest absolute Gasteiger partial charge is 0.396 e. The number of fused-ring (bicyclic) bond motifs is 1. The lowest BCUT2D eigenvalue weighted by Crippen LogP contribution is -2.30. The normalized spacial score (nSPS) is 13.7. The van der Waals surface area contributed by atoms with Gasteiger partial charge < -0.3 is 5.11 Å². The number of thioether (sulfide) groups is 1.